The fourth-order valence-corrected chi connectivity index (χ4v) is 5.77. The van der Waals surface area contributed by atoms with Gasteiger partial charge in [-0.15, -0.1) is 0 Å². The molecule has 0 aliphatic heterocycles. The van der Waals surface area contributed by atoms with Gasteiger partial charge in [-0.3, -0.25) is 9.59 Å². The van der Waals surface area contributed by atoms with Gasteiger partial charge in [0.05, 0.1) is 26.2 Å². The Hall–Kier alpha value is -6.24. The van der Waals surface area contributed by atoms with Crippen LogP contribution >= 0.6 is 0 Å². The maximum atomic E-state index is 13.7. The summed E-state index contributed by atoms with van der Waals surface area (Å²) >= 11 is 0. The largest absolute Gasteiger partial charge is 0.497 e. The summed E-state index contributed by atoms with van der Waals surface area (Å²) in [6.45, 7) is 2.92. The topological polar surface area (TPSA) is 189 Å². The van der Waals surface area contributed by atoms with E-state index in [1.807, 2.05) is 4.72 Å². The second kappa shape index (κ2) is 14.9. The smallest absolute Gasteiger partial charge is 0.435 e. The van der Waals surface area contributed by atoms with Crippen molar-refractivity contribution in [1.29, 1.82) is 0 Å². The van der Waals surface area contributed by atoms with Gasteiger partial charge in [-0.2, -0.15) is 23.3 Å². The van der Waals surface area contributed by atoms with Crippen LogP contribution < -0.4 is 29.6 Å². The lowest BCUT2D eigenvalue weighted by molar-refractivity contribution is -0.141. The number of benzene rings is 2. The van der Waals surface area contributed by atoms with Crippen LogP contribution in [0.5, 0.6) is 17.4 Å². The number of carbonyl (C=O) groups excluding carboxylic acids is 2. The molecule has 3 N–H and O–H groups in total. The molecule has 0 spiro atoms. The third-order valence-electron chi connectivity index (χ3n) is 7.36. The number of halogens is 3. The average Bonchev–Trinajstić information content (AvgIpc) is 3.52. The van der Waals surface area contributed by atoms with Gasteiger partial charge in [-0.25, -0.2) is 27.8 Å². The van der Waals surface area contributed by atoms with Crippen molar-refractivity contribution in [2.24, 2.45) is 0 Å². The highest BCUT2D eigenvalue weighted by Crippen LogP contribution is 2.34. The van der Waals surface area contributed by atoms with E-state index in [0.717, 1.165) is 10.7 Å². The van der Waals surface area contributed by atoms with Crippen molar-refractivity contribution in [3.63, 3.8) is 0 Å². The van der Waals surface area contributed by atoms with Crippen LogP contribution in [0.1, 0.15) is 34.2 Å². The summed E-state index contributed by atoms with van der Waals surface area (Å²) < 4.78 is 86.3. The third kappa shape index (κ3) is 8.37. The number of carbonyl (C=O) groups is 2. The highest BCUT2D eigenvalue weighted by atomic mass is 32.2. The van der Waals surface area contributed by atoms with Crippen LogP contribution in [-0.4, -0.2) is 66.3 Å². The first-order valence-corrected chi connectivity index (χ1v) is 16.6. The number of amides is 2. The maximum absolute atomic E-state index is 13.7. The molecule has 0 atom stereocenters. The molecule has 19 heteroatoms. The molecule has 0 aliphatic carbocycles. The number of nitrogens with zero attached hydrogens (tertiary/aromatic N) is 5. The second-order valence-corrected chi connectivity index (χ2v) is 12.7. The van der Waals surface area contributed by atoms with Crippen molar-refractivity contribution >= 4 is 33.5 Å². The van der Waals surface area contributed by atoms with Crippen molar-refractivity contribution in [2.75, 3.05) is 26.6 Å². The number of ether oxygens (including phenoxy) is 3. The molecule has 0 saturated heterocycles. The molecule has 0 saturated carbocycles. The zero-order chi connectivity index (χ0) is 37.8. The third-order valence-corrected chi connectivity index (χ3v) is 8.70. The monoisotopic (exact) mass is 740 g/mol. The number of pyridine rings is 1. The molecule has 3 aromatic heterocycles. The van der Waals surface area contributed by atoms with Gasteiger partial charge in [0.2, 0.25) is 17.7 Å². The van der Waals surface area contributed by atoms with E-state index in [-0.39, 0.29) is 57.4 Å². The minimum absolute atomic E-state index is 0.0499. The fourth-order valence-electron chi connectivity index (χ4n) is 4.81. The van der Waals surface area contributed by atoms with E-state index in [2.05, 4.69) is 30.7 Å². The minimum Gasteiger partial charge on any atom is -0.497 e. The lowest BCUT2D eigenvalue weighted by Crippen LogP contribution is -2.31. The second-order valence-electron chi connectivity index (χ2n) is 11.0. The Bertz CT molecular complexity index is 2220. The van der Waals surface area contributed by atoms with Gasteiger partial charge in [-0.1, -0.05) is 12.1 Å². The van der Waals surface area contributed by atoms with Gasteiger partial charge in [0.25, 0.3) is 15.9 Å². The van der Waals surface area contributed by atoms with Crippen molar-refractivity contribution < 1.29 is 45.4 Å². The van der Waals surface area contributed by atoms with Crippen LogP contribution in [0.4, 0.5) is 24.8 Å². The normalized spacial score (nSPS) is 11.5. The van der Waals surface area contributed by atoms with Crippen LogP contribution in [0.3, 0.4) is 0 Å². The number of nitrogens with one attached hydrogen (secondary N) is 3. The first-order chi connectivity index (χ1) is 24.6. The number of aromatic nitrogens is 5. The van der Waals surface area contributed by atoms with E-state index >= 15 is 0 Å². The average molecular weight is 741 g/mol. The van der Waals surface area contributed by atoms with Gasteiger partial charge in [0.15, 0.2) is 11.5 Å². The number of aryl methyl sites for hydroxylation is 1. The van der Waals surface area contributed by atoms with Gasteiger partial charge >= 0.3 is 6.18 Å². The molecule has 0 aliphatic rings. The van der Waals surface area contributed by atoms with Crippen LogP contribution in [0.2, 0.25) is 0 Å². The first-order valence-electron chi connectivity index (χ1n) is 15.1. The predicted octanol–water partition coefficient (Wildman–Crippen LogP) is 4.58. The molecule has 2 aromatic carbocycles. The van der Waals surface area contributed by atoms with Crippen LogP contribution in [-0.2, 0) is 27.5 Å². The molecule has 52 heavy (non-hydrogen) atoms. The molecule has 0 unspecified atom stereocenters. The van der Waals surface area contributed by atoms with E-state index in [4.69, 9.17) is 14.2 Å². The zero-order valence-corrected chi connectivity index (χ0v) is 29.0. The lowest BCUT2D eigenvalue weighted by atomic mass is 10.1. The number of rotatable bonds is 12. The van der Waals surface area contributed by atoms with Crippen LogP contribution in [0.25, 0.3) is 16.9 Å². The summed E-state index contributed by atoms with van der Waals surface area (Å²) in [5.41, 5.74) is -0.198. The molecular weight excluding hydrogens is 709 g/mol. The Balaban J connectivity index is 1.55. The quantitative estimate of drug-likeness (QED) is 0.162. The summed E-state index contributed by atoms with van der Waals surface area (Å²) in [6, 6.07) is 12.4. The van der Waals surface area contributed by atoms with Gasteiger partial charge in [0, 0.05) is 66.6 Å². The summed E-state index contributed by atoms with van der Waals surface area (Å²) in [5.74, 6) is -0.933. The molecule has 2 amide bonds. The van der Waals surface area contributed by atoms with Gasteiger partial charge in [0.1, 0.15) is 17.1 Å². The van der Waals surface area contributed by atoms with Crippen molar-refractivity contribution in [1.82, 2.24) is 34.8 Å². The molecular formula is C33H31F3N8O7S. The Labute approximate surface area is 295 Å². The number of anilines is 2. The molecule has 0 radical (unpaired) electrons. The van der Waals surface area contributed by atoms with E-state index in [1.165, 1.54) is 77.9 Å². The first kappa shape index (κ1) is 37.0. The summed E-state index contributed by atoms with van der Waals surface area (Å²) in [7, 11) is -0.275. The van der Waals surface area contributed by atoms with Gasteiger partial charge < -0.3 is 24.8 Å². The summed E-state index contributed by atoms with van der Waals surface area (Å²) in [4.78, 5) is 37.4. The minimum atomic E-state index is -4.77. The van der Waals surface area contributed by atoms with E-state index in [0.29, 0.717) is 22.7 Å². The maximum Gasteiger partial charge on any atom is 0.435 e. The highest BCUT2D eigenvalue weighted by Gasteiger charge is 2.35. The SMILES string of the molecule is COc1cc(Nc2ncc(-c3cnc(OC)c(C(=O)NS(=O)(=O)c4ccc(CNC(C)=O)cc4)c3)c(-n3nc(C(F)(F)F)cc3C)n2)cc(OC)c1. The Morgan fingerprint density at radius 2 is 1.58 bits per heavy atom. The molecule has 272 valence electrons. The summed E-state index contributed by atoms with van der Waals surface area (Å²) in [5, 5.41) is 9.32. The number of alkyl halides is 3. The molecule has 0 fully saturated rings. The van der Waals surface area contributed by atoms with Gasteiger partial charge in [-0.05, 0) is 36.8 Å². The van der Waals surface area contributed by atoms with Crippen LogP contribution in [0.15, 0.2) is 71.9 Å². The standard InChI is InChI=1S/C33H31F3N8O7S/c1-18-10-28(33(34,35)36)42-44(18)29-27(17-39-32(41-29)40-22-12-23(49-3)14-24(13-22)50-4)21-11-26(31(51-5)38-16-21)30(46)43-52(47,48)25-8-6-20(7-9-25)15-37-19(2)45/h6-14,16-17H,15H2,1-5H3,(H,37,45)(H,43,46)(H,39,40,41). The van der Waals surface area contributed by atoms with Crippen molar-refractivity contribution in [3.05, 3.63) is 89.5 Å². The Kier molecular flexibility index (Phi) is 10.6. The zero-order valence-electron chi connectivity index (χ0n) is 28.2. The van der Waals surface area contributed by atoms with Crippen LogP contribution in [0, 0.1) is 6.92 Å². The molecule has 15 nitrogen and oxygen atoms in total. The predicted molar refractivity (Wildman–Crippen MR) is 180 cm³/mol. The number of sulfonamides is 1. The molecule has 5 aromatic rings. The number of hydrogen-bond acceptors (Lipinski definition) is 12. The molecule has 5 rings (SSSR count). The van der Waals surface area contributed by atoms with Crippen molar-refractivity contribution in [2.45, 2.75) is 31.5 Å². The number of methoxy groups -OCH3 is 3. The van der Waals surface area contributed by atoms with E-state index in [9.17, 15) is 31.2 Å². The number of hydrogen-bond donors (Lipinski definition) is 3. The lowest BCUT2D eigenvalue weighted by Gasteiger charge is -2.15. The van der Waals surface area contributed by atoms with E-state index in [1.54, 1.807) is 18.2 Å². The van der Waals surface area contributed by atoms with E-state index < -0.39 is 27.8 Å². The molecule has 0 bridgehead atoms. The highest BCUT2D eigenvalue weighted by molar-refractivity contribution is 7.90. The Morgan fingerprint density at radius 3 is 2.15 bits per heavy atom. The fraction of sp³-hybridized carbons (Fsp3) is 0.212. The van der Waals surface area contributed by atoms with Crippen molar-refractivity contribution in [3.8, 4) is 34.3 Å². The molecule has 3 heterocycles. The summed E-state index contributed by atoms with van der Waals surface area (Å²) in [6.07, 6.45) is -2.24. The Morgan fingerprint density at radius 1 is 0.904 bits per heavy atom.